The van der Waals surface area contributed by atoms with Crippen LogP contribution < -0.4 is 5.73 Å². The molecule has 1 amide bonds. The zero-order valence-corrected chi connectivity index (χ0v) is 8.48. The predicted molar refractivity (Wildman–Crippen MR) is 54.1 cm³/mol. The number of hydrogen-bond donors (Lipinski definition) is 4. The molecule has 0 saturated heterocycles. The summed E-state index contributed by atoms with van der Waals surface area (Å²) in [4.78, 5) is 8.78. The molecule has 0 aromatic heterocycles. The maximum absolute atomic E-state index is 8.78. The highest BCUT2D eigenvalue weighted by atomic mass is 16.4. The van der Waals surface area contributed by atoms with E-state index < -0.39 is 6.09 Å². The van der Waals surface area contributed by atoms with Crippen molar-refractivity contribution < 1.29 is 20.1 Å². The van der Waals surface area contributed by atoms with Gasteiger partial charge in [-0.3, -0.25) is 0 Å². The Morgan fingerprint density at radius 1 is 0.857 bits per heavy atom. The summed E-state index contributed by atoms with van der Waals surface area (Å²) in [6.45, 7) is 0.639. The van der Waals surface area contributed by atoms with Crippen LogP contribution >= 0.6 is 0 Å². The first-order valence-electron chi connectivity index (χ1n) is 4.85. The van der Waals surface area contributed by atoms with E-state index in [9.17, 15) is 0 Å². The van der Waals surface area contributed by atoms with E-state index in [-0.39, 0.29) is 0 Å². The lowest BCUT2D eigenvalue weighted by Gasteiger charge is -1.97. The van der Waals surface area contributed by atoms with Crippen LogP contribution in [0.25, 0.3) is 0 Å². The van der Waals surface area contributed by atoms with Crippen molar-refractivity contribution in [2.75, 3.05) is 13.2 Å². The van der Waals surface area contributed by atoms with Crippen molar-refractivity contribution >= 4 is 6.09 Å². The van der Waals surface area contributed by atoms with Crippen molar-refractivity contribution in [1.82, 2.24) is 0 Å². The quantitative estimate of drug-likeness (QED) is 0.466. The number of aliphatic hydroxyl groups excluding tert-OH is 2. The van der Waals surface area contributed by atoms with Gasteiger partial charge in [0.15, 0.2) is 0 Å². The fraction of sp³-hybridized carbons (Fsp3) is 0.889. The number of unbranched alkanes of at least 4 members (excludes halogenated alkanes) is 5. The van der Waals surface area contributed by atoms with Crippen LogP contribution in [0.15, 0.2) is 0 Å². The molecule has 0 spiro atoms. The minimum absolute atomic E-state index is 0.319. The largest absolute Gasteiger partial charge is 0.465 e. The van der Waals surface area contributed by atoms with E-state index in [1.807, 2.05) is 0 Å². The molecule has 0 fully saturated rings. The molecule has 0 aliphatic rings. The zero-order chi connectivity index (χ0) is 11.2. The van der Waals surface area contributed by atoms with Gasteiger partial charge in [0.1, 0.15) is 0 Å². The fourth-order valence-electron chi connectivity index (χ4n) is 0.931. The van der Waals surface area contributed by atoms with E-state index >= 15 is 0 Å². The number of aliphatic hydroxyl groups is 2. The van der Waals surface area contributed by atoms with Gasteiger partial charge in [-0.15, -0.1) is 0 Å². The highest BCUT2D eigenvalue weighted by molar-refractivity contribution is 5.61. The van der Waals surface area contributed by atoms with Crippen LogP contribution in [0.2, 0.25) is 0 Å². The second-order valence-corrected chi connectivity index (χ2v) is 2.91. The van der Waals surface area contributed by atoms with Gasteiger partial charge in [0, 0.05) is 13.2 Å². The third kappa shape index (κ3) is 30.3. The van der Waals surface area contributed by atoms with Crippen molar-refractivity contribution in [3.05, 3.63) is 0 Å². The van der Waals surface area contributed by atoms with Crippen LogP contribution in [0.3, 0.4) is 0 Å². The number of amides is 1. The molecule has 14 heavy (non-hydrogen) atoms. The van der Waals surface area contributed by atoms with E-state index in [0.29, 0.717) is 13.2 Å². The van der Waals surface area contributed by atoms with Gasteiger partial charge in [0.2, 0.25) is 0 Å². The van der Waals surface area contributed by atoms with Crippen LogP contribution in [-0.4, -0.2) is 34.6 Å². The van der Waals surface area contributed by atoms with Crippen LogP contribution in [-0.2, 0) is 0 Å². The van der Waals surface area contributed by atoms with Crippen molar-refractivity contribution in [2.24, 2.45) is 5.73 Å². The molecule has 0 bridgehead atoms. The second kappa shape index (κ2) is 14.7. The monoisotopic (exact) mass is 207 g/mol. The minimum Gasteiger partial charge on any atom is -0.465 e. The summed E-state index contributed by atoms with van der Waals surface area (Å²) in [5.74, 6) is 0. The Balaban J connectivity index is 0. The van der Waals surface area contributed by atoms with Crippen molar-refractivity contribution in [3.8, 4) is 0 Å². The number of nitrogens with two attached hydrogens (primary N) is 1. The van der Waals surface area contributed by atoms with Gasteiger partial charge in [-0.25, -0.2) is 4.79 Å². The van der Waals surface area contributed by atoms with Crippen LogP contribution in [0.1, 0.15) is 38.5 Å². The molecule has 0 heterocycles. The summed E-state index contributed by atoms with van der Waals surface area (Å²) in [6.07, 6.45) is 5.17. The first-order chi connectivity index (χ1) is 6.65. The molecule has 0 radical (unpaired) electrons. The molecule has 0 saturated carbocycles. The molecule has 86 valence electrons. The number of carboxylic acid groups (broad SMARTS) is 1. The molecule has 0 aromatic rings. The summed E-state index contributed by atoms with van der Waals surface area (Å²) < 4.78 is 0. The Morgan fingerprint density at radius 2 is 1.07 bits per heavy atom. The van der Waals surface area contributed by atoms with Crippen molar-refractivity contribution in [3.63, 3.8) is 0 Å². The number of primary amides is 1. The van der Waals surface area contributed by atoms with E-state index in [1.165, 1.54) is 12.8 Å². The highest BCUT2D eigenvalue weighted by Gasteiger charge is 1.88. The third-order valence-electron chi connectivity index (χ3n) is 1.57. The lowest BCUT2D eigenvalue weighted by molar-refractivity contribution is 0.205. The molecule has 0 atom stereocenters. The molecule has 0 unspecified atom stereocenters. The summed E-state index contributed by atoms with van der Waals surface area (Å²) in [5.41, 5.74) is 4.03. The van der Waals surface area contributed by atoms with Gasteiger partial charge in [0.25, 0.3) is 0 Å². The minimum atomic E-state index is -1.33. The van der Waals surface area contributed by atoms with E-state index in [4.69, 9.17) is 20.1 Å². The Labute approximate surface area is 84.5 Å². The standard InChI is InChI=1S/C8H18O2.CH3NO2/c9-7-5-3-1-2-4-6-8-10;2-1(3)4/h9-10H,1-8H2;2H2,(H,3,4). The molecular weight excluding hydrogens is 186 g/mol. The van der Waals surface area contributed by atoms with E-state index in [1.54, 1.807) is 0 Å². The average molecular weight is 207 g/mol. The summed E-state index contributed by atoms with van der Waals surface area (Å²) >= 11 is 0. The number of rotatable bonds is 7. The first-order valence-corrected chi connectivity index (χ1v) is 4.85. The summed E-state index contributed by atoms with van der Waals surface area (Å²) in [6, 6.07) is 0. The molecule has 0 aromatic carbocycles. The van der Waals surface area contributed by atoms with Gasteiger partial charge in [0.05, 0.1) is 0 Å². The Morgan fingerprint density at radius 3 is 1.29 bits per heavy atom. The van der Waals surface area contributed by atoms with E-state index in [0.717, 1.165) is 25.7 Å². The molecular formula is C9H21NO4. The SMILES string of the molecule is NC(=O)O.OCCCCCCCCO. The van der Waals surface area contributed by atoms with Crippen LogP contribution in [0.5, 0.6) is 0 Å². The Hall–Kier alpha value is -0.810. The first kappa shape index (κ1) is 15.7. The van der Waals surface area contributed by atoms with Gasteiger partial charge in [-0.05, 0) is 12.8 Å². The van der Waals surface area contributed by atoms with Gasteiger partial charge < -0.3 is 21.1 Å². The summed E-state index contributed by atoms with van der Waals surface area (Å²) in [5, 5.41) is 24.1. The Kier molecular flexibility index (Phi) is 16.4. The molecule has 0 aliphatic heterocycles. The smallest absolute Gasteiger partial charge is 0.402 e. The topological polar surface area (TPSA) is 104 Å². The van der Waals surface area contributed by atoms with Crippen LogP contribution in [0.4, 0.5) is 4.79 Å². The number of carbonyl (C=O) groups is 1. The lowest BCUT2D eigenvalue weighted by Crippen LogP contribution is -2.03. The second-order valence-electron chi connectivity index (χ2n) is 2.91. The molecule has 0 aliphatic carbocycles. The summed E-state index contributed by atoms with van der Waals surface area (Å²) in [7, 11) is 0. The normalized spacial score (nSPS) is 9.00. The van der Waals surface area contributed by atoms with Crippen molar-refractivity contribution in [2.45, 2.75) is 38.5 Å². The molecule has 5 nitrogen and oxygen atoms in total. The van der Waals surface area contributed by atoms with E-state index in [2.05, 4.69) is 5.73 Å². The van der Waals surface area contributed by atoms with Crippen molar-refractivity contribution in [1.29, 1.82) is 0 Å². The fourth-order valence-corrected chi connectivity index (χ4v) is 0.931. The van der Waals surface area contributed by atoms with Gasteiger partial charge in [-0.1, -0.05) is 25.7 Å². The third-order valence-corrected chi connectivity index (χ3v) is 1.57. The van der Waals surface area contributed by atoms with Crippen LogP contribution in [0, 0.1) is 0 Å². The highest BCUT2D eigenvalue weighted by Crippen LogP contribution is 2.03. The number of hydrogen-bond acceptors (Lipinski definition) is 3. The predicted octanol–water partition coefficient (Wildman–Crippen LogP) is 0.935. The molecule has 0 rings (SSSR count). The average Bonchev–Trinajstić information content (AvgIpc) is 2.10. The van der Waals surface area contributed by atoms with Gasteiger partial charge in [-0.2, -0.15) is 0 Å². The lowest BCUT2D eigenvalue weighted by atomic mass is 10.1. The molecule has 5 N–H and O–H groups in total. The molecule has 5 heteroatoms. The Bertz CT molecular complexity index is 107. The van der Waals surface area contributed by atoms with Gasteiger partial charge >= 0.3 is 6.09 Å². The maximum Gasteiger partial charge on any atom is 0.402 e. The zero-order valence-electron chi connectivity index (χ0n) is 8.48. The maximum atomic E-state index is 8.78.